The van der Waals surface area contributed by atoms with Crippen molar-refractivity contribution in [2.24, 2.45) is 0 Å². The zero-order chi connectivity index (χ0) is 14.5. The minimum absolute atomic E-state index is 0.0501. The van der Waals surface area contributed by atoms with Crippen LogP contribution in [0.1, 0.15) is 17.3 Å². The number of carboxylic acid groups (broad SMARTS) is 1. The van der Waals surface area contributed by atoms with Crippen molar-refractivity contribution >= 4 is 5.97 Å². The standard InChI is InChI=1S/C14H18FNO4/c1-2-16-5-6-19-11(8-16)9-20-10-3-4-12(14(17)18)13(15)7-10/h3-4,7,11H,2,5-6,8-9H2,1H3,(H,17,18). The third kappa shape index (κ3) is 3.68. The van der Waals surface area contributed by atoms with Crippen LogP contribution in [0.4, 0.5) is 4.39 Å². The van der Waals surface area contributed by atoms with Gasteiger partial charge in [0.25, 0.3) is 0 Å². The molecule has 0 saturated carbocycles. The van der Waals surface area contributed by atoms with Crippen molar-refractivity contribution in [1.29, 1.82) is 0 Å². The van der Waals surface area contributed by atoms with Crippen molar-refractivity contribution in [2.45, 2.75) is 13.0 Å². The van der Waals surface area contributed by atoms with Gasteiger partial charge in [0.1, 0.15) is 24.3 Å². The van der Waals surface area contributed by atoms with E-state index in [9.17, 15) is 9.18 Å². The molecule has 0 spiro atoms. The molecule has 1 heterocycles. The van der Waals surface area contributed by atoms with Crippen LogP contribution in [-0.4, -0.2) is 54.9 Å². The molecule has 20 heavy (non-hydrogen) atoms. The average Bonchev–Trinajstić information content (AvgIpc) is 2.45. The molecular formula is C14H18FNO4. The minimum Gasteiger partial charge on any atom is -0.491 e. The molecule has 1 unspecified atom stereocenters. The van der Waals surface area contributed by atoms with Crippen LogP contribution >= 0.6 is 0 Å². The van der Waals surface area contributed by atoms with Crippen LogP contribution in [0.3, 0.4) is 0 Å². The molecule has 110 valence electrons. The Bertz CT molecular complexity index is 480. The molecule has 0 aromatic heterocycles. The third-order valence-electron chi connectivity index (χ3n) is 3.28. The molecule has 2 rings (SSSR count). The summed E-state index contributed by atoms with van der Waals surface area (Å²) < 4.78 is 24.5. The number of carboxylic acids is 1. The second kappa shape index (κ2) is 6.67. The Morgan fingerprint density at radius 2 is 2.40 bits per heavy atom. The van der Waals surface area contributed by atoms with Gasteiger partial charge in [-0.1, -0.05) is 6.92 Å². The number of aromatic carboxylic acids is 1. The predicted molar refractivity (Wildman–Crippen MR) is 70.7 cm³/mol. The second-order valence-electron chi connectivity index (χ2n) is 4.64. The molecule has 6 heteroatoms. The molecule has 0 radical (unpaired) electrons. The van der Waals surface area contributed by atoms with Crippen molar-refractivity contribution in [3.63, 3.8) is 0 Å². The maximum absolute atomic E-state index is 13.5. The van der Waals surface area contributed by atoms with Crippen LogP contribution in [0.5, 0.6) is 5.75 Å². The van der Waals surface area contributed by atoms with E-state index in [2.05, 4.69) is 11.8 Å². The van der Waals surface area contributed by atoms with Crippen LogP contribution in [0.2, 0.25) is 0 Å². The molecule has 1 fully saturated rings. The number of nitrogens with zero attached hydrogens (tertiary/aromatic N) is 1. The first-order chi connectivity index (χ1) is 9.60. The zero-order valence-corrected chi connectivity index (χ0v) is 11.3. The van der Waals surface area contributed by atoms with Gasteiger partial charge in [-0.15, -0.1) is 0 Å². The largest absolute Gasteiger partial charge is 0.491 e. The lowest BCUT2D eigenvalue weighted by molar-refractivity contribution is -0.0464. The summed E-state index contributed by atoms with van der Waals surface area (Å²) >= 11 is 0. The van der Waals surface area contributed by atoms with Gasteiger partial charge in [-0.05, 0) is 18.7 Å². The molecular weight excluding hydrogens is 265 g/mol. The summed E-state index contributed by atoms with van der Waals surface area (Å²) in [4.78, 5) is 13.0. The van der Waals surface area contributed by atoms with Gasteiger partial charge >= 0.3 is 5.97 Å². The molecule has 1 N–H and O–H groups in total. The number of morpholine rings is 1. The van der Waals surface area contributed by atoms with E-state index in [0.717, 1.165) is 25.7 Å². The highest BCUT2D eigenvalue weighted by Gasteiger charge is 2.20. The lowest BCUT2D eigenvalue weighted by Crippen LogP contribution is -2.44. The van der Waals surface area contributed by atoms with Gasteiger partial charge in [0.15, 0.2) is 0 Å². The maximum Gasteiger partial charge on any atom is 0.338 e. The van der Waals surface area contributed by atoms with Gasteiger partial charge in [-0.25, -0.2) is 9.18 Å². The number of hydrogen-bond acceptors (Lipinski definition) is 4. The highest BCUT2D eigenvalue weighted by atomic mass is 19.1. The van der Waals surface area contributed by atoms with Crippen LogP contribution in [0, 0.1) is 5.82 Å². The van der Waals surface area contributed by atoms with E-state index >= 15 is 0 Å². The SMILES string of the molecule is CCN1CCOC(COc2ccc(C(=O)O)c(F)c2)C1. The number of halogens is 1. The van der Waals surface area contributed by atoms with Crippen molar-refractivity contribution in [1.82, 2.24) is 4.90 Å². The van der Waals surface area contributed by atoms with Gasteiger partial charge in [0.05, 0.1) is 12.2 Å². The number of rotatable bonds is 5. The quantitative estimate of drug-likeness (QED) is 0.890. The molecule has 1 atom stereocenters. The summed E-state index contributed by atoms with van der Waals surface area (Å²) in [6.45, 7) is 5.72. The van der Waals surface area contributed by atoms with E-state index in [1.54, 1.807) is 0 Å². The van der Waals surface area contributed by atoms with Crippen molar-refractivity contribution < 1.29 is 23.8 Å². The molecule has 5 nitrogen and oxygen atoms in total. The van der Waals surface area contributed by atoms with Crippen molar-refractivity contribution in [2.75, 3.05) is 32.8 Å². The Morgan fingerprint density at radius 3 is 3.05 bits per heavy atom. The molecule has 0 bridgehead atoms. The Labute approximate surface area is 116 Å². The molecule has 0 amide bonds. The molecule has 1 saturated heterocycles. The zero-order valence-electron chi connectivity index (χ0n) is 11.3. The fraction of sp³-hybridized carbons (Fsp3) is 0.500. The number of carbonyl (C=O) groups is 1. The lowest BCUT2D eigenvalue weighted by atomic mass is 10.2. The first kappa shape index (κ1) is 14.7. The van der Waals surface area contributed by atoms with Crippen LogP contribution in [-0.2, 0) is 4.74 Å². The molecule has 1 aromatic rings. The van der Waals surface area contributed by atoms with E-state index in [4.69, 9.17) is 14.6 Å². The van der Waals surface area contributed by atoms with Gasteiger partial charge < -0.3 is 14.6 Å². The summed E-state index contributed by atoms with van der Waals surface area (Å²) in [5.74, 6) is -1.78. The summed E-state index contributed by atoms with van der Waals surface area (Å²) in [6.07, 6.45) is -0.0501. The summed E-state index contributed by atoms with van der Waals surface area (Å²) in [5.41, 5.74) is -0.358. The summed E-state index contributed by atoms with van der Waals surface area (Å²) in [6, 6.07) is 3.74. The van der Waals surface area contributed by atoms with Crippen molar-refractivity contribution in [3.8, 4) is 5.75 Å². The van der Waals surface area contributed by atoms with E-state index < -0.39 is 11.8 Å². The van der Waals surface area contributed by atoms with E-state index in [0.29, 0.717) is 19.0 Å². The Morgan fingerprint density at radius 1 is 1.60 bits per heavy atom. The number of likely N-dealkylation sites (N-methyl/N-ethyl adjacent to an activating group) is 1. The fourth-order valence-corrected chi connectivity index (χ4v) is 2.12. The highest BCUT2D eigenvalue weighted by Crippen LogP contribution is 2.17. The van der Waals surface area contributed by atoms with Crippen molar-refractivity contribution in [3.05, 3.63) is 29.6 Å². The lowest BCUT2D eigenvalue weighted by Gasteiger charge is -2.31. The Hall–Kier alpha value is -1.66. The maximum atomic E-state index is 13.5. The normalized spacial score (nSPS) is 19.8. The number of ether oxygens (including phenoxy) is 2. The molecule has 1 aliphatic heterocycles. The number of hydrogen-bond donors (Lipinski definition) is 1. The monoisotopic (exact) mass is 283 g/mol. The third-order valence-corrected chi connectivity index (χ3v) is 3.28. The molecule has 1 aromatic carbocycles. The topological polar surface area (TPSA) is 59.0 Å². The highest BCUT2D eigenvalue weighted by molar-refractivity contribution is 5.88. The van der Waals surface area contributed by atoms with Crippen LogP contribution in [0.15, 0.2) is 18.2 Å². The number of benzene rings is 1. The van der Waals surface area contributed by atoms with Crippen LogP contribution in [0.25, 0.3) is 0 Å². The van der Waals surface area contributed by atoms with E-state index in [1.807, 2.05) is 0 Å². The molecule has 0 aliphatic carbocycles. The van der Waals surface area contributed by atoms with Gasteiger partial charge in [0, 0.05) is 19.2 Å². The van der Waals surface area contributed by atoms with Gasteiger partial charge in [0.2, 0.25) is 0 Å². The fourth-order valence-electron chi connectivity index (χ4n) is 2.12. The van der Waals surface area contributed by atoms with Gasteiger partial charge in [-0.3, -0.25) is 4.90 Å². The smallest absolute Gasteiger partial charge is 0.338 e. The minimum atomic E-state index is -1.29. The summed E-state index contributed by atoms with van der Waals surface area (Å²) in [5, 5.41) is 8.74. The van der Waals surface area contributed by atoms with Gasteiger partial charge in [-0.2, -0.15) is 0 Å². The first-order valence-corrected chi connectivity index (χ1v) is 6.59. The van der Waals surface area contributed by atoms with E-state index in [-0.39, 0.29) is 11.7 Å². The first-order valence-electron chi connectivity index (χ1n) is 6.59. The second-order valence-corrected chi connectivity index (χ2v) is 4.64. The average molecular weight is 283 g/mol. The Kier molecular flexibility index (Phi) is 4.92. The van der Waals surface area contributed by atoms with E-state index in [1.165, 1.54) is 12.1 Å². The van der Waals surface area contributed by atoms with Crippen LogP contribution < -0.4 is 4.74 Å². The summed E-state index contributed by atoms with van der Waals surface area (Å²) in [7, 11) is 0. The molecule has 1 aliphatic rings. The predicted octanol–water partition coefficient (Wildman–Crippen LogP) is 1.62. The Balaban J connectivity index is 1.91.